The fraction of sp³-hybridized carbons (Fsp3) is 0.368. The normalized spacial score (nSPS) is 13.7. The van der Waals surface area contributed by atoms with Crippen molar-refractivity contribution in [2.24, 2.45) is 0 Å². The first-order valence-corrected chi connectivity index (χ1v) is 8.78. The minimum atomic E-state index is 0. The lowest BCUT2D eigenvalue weighted by molar-refractivity contribution is -0.121. The number of hydrogen-bond acceptors (Lipinski definition) is 4. The van der Waals surface area contributed by atoms with Gasteiger partial charge in [-0.3, -0.25) is 9.48 Å². The van der Waals surface area contributed by atoms with Gasteiger partial charge in [0.2, 0.25) is 5.91 Å². The lowest BCUT2D eigenvalue weighted by Crippen LogP contribution is -2.22. The van der Waals surface area contributed by atoms with Gasteiger partial charge in [0.1, 0.15) is 11.3 Å². The van der Waals surface area contributed by atoms with Gasteiger partial charge in [0, 0.05) is 31.3 Å². The Labute approximate surface area is 158 Å². The monoisotopic (exact) mass is 374 g/mol. The number of carbonyl (C=O) groups is 1. The fourth-order valence-corrected chi connectivity index (χ4v) is 3.18. The maximum absolute atomic E-state index is 12.1. The number of nitrogens with zero attached hydrogens (tertiary/aromatic N) is 2. The summed E-state index contributed by atoms with van der Waals surface area (Å²) >= 11 is 0. The number of para-hydroxylation sites is 1. The third-order valence-electron chi connectivity index (χ3n) is 4.49. The number of halogens is 1. The number of amides is 1. The third-order valence-corrected chi connectivity index (χ3v) is 4.49. The second-order valence-electron chi connectivity index (χ2n) is 6.41. The average molecular weight is 375 g/mol. The molecule has 0 unspecified atom stereocenters. The number of aromatic nitrogens is 2. The summed E-state index contributed by atoms with van der Waals surface area (Å²) < 4.78 is 7.77. The molecule has 0 radical (unpaired) electrons. The first-order chi connectivity index (χ1) is 12.3. The molecule has 138 valence electrons. The number of aryl methyl sites for hydroxylation is 2. The van der Waals surface area contributed by atoms with Gasteiger partial charge < -0.3 is 15.1 Å². The fourth-order valence-electron chi connectivity index (χ4n) is 3.18. The van der Waals surface area contributed by atoms with Crippen LogP contribution in [0.4, 0.5) is 0 Å². The van der Waals surface area contributed by atoms with Gasteiger partial charge in [0.15, 0.2) is 0 Å². The second-order valence-corrected chi connectivity index (χ2v) is 6.41. The Morgan fingerprint density at radius 3 is 3.08 bits per heavy atom. The van der Waals surface area contributed by atoms with Crippen LogP contribution in [0.2, 0.25) is 0 Å². The van der Waals surface area contributed by atoms with Crippen molar-refractivity contribution in [3.8, 4) is 0 Å². The van der Waals surface area contributed by atoms with E-state index in [-0.39, 0.29) is 18.3 Å². The molecule has 6 nitrogen and oxygen atoms in total. The van der Waals surface area contributed by atoms with Crippen molar-refractivity contribution in [2.45, 2.75) is 38.9 Å². The number of carbonyl (C=O) groups excluding carboxylic acids is 1. The highest BCUT2D eigenvalue weighted by atomic mass is 35.5. The summed E-state index contributed by atoms with van der Waals surface area (Å²) in [4.78, 5) is 12.1. The van der Waals surface area contributed by atoms with Gasteiger partial charge in [0.05, 0.1) is 17.9 Å². The van der Waals surface area contributed by atoms with Crippen molar-refractivity contribution in [3.63, 3.8) is 0 Å². The standard InChI is InChI=1S/C19H22N4O2.ClH/c24-19(21-13-17-10-14-4-1-2-5-18(14)25-17)7-6-15-11-16-12-20-8-3-9-23(16)22-15;/h1-2,4-5,10-11,20H,3,6-9,12-13H2,(H,21,24);1H. The second kappa shape index (κ2) is 8.38. The predicted octanol–water partition coefficient (Wildman–Crippen LogP) is 2.79. The molecule has 2 aromatic heterocycles. The first-order valence-electron chi connectivity index (χ1n) is 8.78. The van der Waals surface area contributed by atoms with Gasteiger partial charge in [-0.15, -0.1) is 12.4 Å². The van der Waals surface area contributed by atoms with Crippen LogP contribution in [0.15, 0.2) is 40.8 Å². The highest BCUT2D eigenvalue weighted by Gasteiger charge is 2.12. The Morgan fingerprint density at radius 2 is 2.19 bits per heavy atom. The summed E-state index contributed by atoms with van der Waals surface area (Å²) in [6.45, 7) is 3.24. The summed E-state index contributed by atoms with van der Waals surface area (Å²) in [6, 6.07) is 11.9. The van der Waals surface area contributed by atoms with Crippen molar-refractivity contribution < 1.29 is 9.21 Å². The summed E-state index contributed by atoms with van der Waals surface area (Å²) in [5.74, 6) is 0.788. The van der Waals surface area contributed by atoms with Crippen LogP contribution in [-0.2, 0) is 30.8 Å². The number of rotatable bonds is 5. The Morgan fingerprint density at radius 1 is 1.31 bits per heavy atom. The molecule has 0 fully saturated rings. The lowest BCUT2D eigenvalue weighted by atomic mass is 10.2. The topological polar surface area (TPSA) is 72.1 Å². The molecule has 1 aliphatic heterocycles. The number of nitrogens with one attached hydrogen (secondary N) is 2. The van der Waals surface area contributed by atoms with E-state index in [0.29, 0.717) is 19.4 Å². The Hall–Kier alpha value is -2.31. The minimum absolute atomic E-state index is 0. The molecular formula is C19H23ClN4O2. The highest BCUT2D eigenvalue weighted by molar-refractivity contribution is 5.85. The van der Waals surface area contributed by atoms with Crippen LogP contribution in [-0.4, -0.2) is 22.2 Å². The zero-order valence-corrected chi connectivity index (χ0v) is 15.3. The molecule has 2 N–H and O–H groups in total. The molecule has 4 rings (SSSR count). The van der Waals surface area contributed by atoms with Crippen LogP contribution < -0.4 is 10.6 Å². The van der Waals surface area contributed by atoms with Gasteiger partial charge >= 0.3 is 0 Å². The Kier molecular flexibility index (Phi) is 5.96. The van der Waals surface area contributed by atoms with Gasteiger partial charge in [-0.05, 0) is 31.2 Å². The van der Waals surface area contributed by atoms with Crippen LogP contribution in [0.5, 0.6) is 0 Å². The van der Waals surface area contributed by atoms with Crippen molar-refractivity contribution in [1.29, 1.82) is 0 Å². The largest absolute Gasteiger partial charge is 0.459 e. The van der Waals surface area contributed by atoms with Gasteiger partial charge in [-0.25, -0.2) is 0 Å². The van der Waals surface area contributed by atoms with Gasteiger partial charge in [0.25, 0.3) is 0 Å². The van der Waals surface area contributed by atoms with E-state index in [0.717, 1.165) is 48.5 Å². The molecule has 3 aromatic rings. The number of benzene rings is 1. The van der Waals surface area contributed by atoms with Crippen LogP contribution in [0.1, 0.15) is 30.0 Å². The maximum atomic E-state index is 12.1. The van der Waals surface area contributed by atoms with E-state index in [1.165, 1.54) is 5.69 Å². The van der Waals surface area contributed by atoms with Crippen LogP contribution in [0, 0.1) is 0 Å². The predicted molar refractivity (Wildman–Crippen MR) is 102 cm³/mol. The molecule has 3 heterocycles. The number of fused-ring (bicyclic) bond motifs is 2. The molecule has 0 spiro atoms. The van der Waals surface area contributed by atoms with Gasteiger partial charge in [-0.2, -0.15) is 5.10 Å². The van der Waals surface area contributed by atoms with Crippen LogP contribution in [0.25, 0.3) is 11.0 Å². The summed E-state index contributed by atoms with van der Waals surface area (Å²) in [5, 5.41) is 12.0. The van der Waals surface area contributed by atoms with Crippen molar-refractivity contribution in [1.82, 2.24) is 20.4 Å². The van der Waals surface area contributed by atoms with E-state index in [1.807, 2.05) is 30.3 Å². The molecule has 1 aromatic carbocycles. The van der Waals surface area contributed by atoms with E-state index < -0.39 is 0 Å². The maximum Gasteiger partial charge on any atom is 0.220 e. The SMILES string of the molecule is Cl.O=C(CCc1cc2n(n1)CCCNC2)NCc1cc2ccccc2o1. The molecule has 0 saturated heterocycles. The van der Waals surface area contributed by atoms with Crippen LogP contribution in [0.3, 0.4) is 0 Å². The molecule has 1 amide bonds. The lowest BCUT2D eigenvalue weighted by Gasteiger charge is -2.02. The zero-order chi connectivity index (χ0) is 17.1. The highest BCUT2D eigenvalue weighted by Crippen LogP contribution is 2.18. The quantitative estimate of drug-likeness (QED) is 0.720. The third kappa shape index (κ3) is 4.26. The smallest absolute Gasteiger partial charge is 0.220 e. The van der Waals surface area contributed by atoms with E-state index >= 15 is 0 Å². The first kappa shape index (κ1) is 18.5. The van der Waals surface area contributed by atoms with E-state index in [4.69, 9.17) is 4.42 Å². The Balaban J connectivity index is 0.00000196. The van der Waals surface area contributed by atoms with Crippen LogP contribution >= 0.6 is 12.4 Å². The van der Waals surface area contributed by atoms with Crippen molar-refractivity contribution >= 4 is 29.3 Å². The van der Waals surface area contributed by atoms with E-state index in [1.54, 1.807) is 0 Å². The molecule has 1 aliphatic rings. The zero-order valence-electron chi connectivity index (χ0n) is 14.5. The molecule has 0 aliphatic carbocycles. The summed E-state index contributed by atoms with van der Waals surface area (Å²) in [6.07, 6.45) is 2.18. The van der Waals surface area contributed by atoms with Gasteiger partial charge in [-0.1, -0.05) is 18.2 Å². The number of hydrogen-bond donors (Lipinski definition) is 2. The molecule has 0 saturated carbocycles. The van der Waals surface area contributed by atoms with Crippen molar-refractivity contribution in [3.05, 3.63) is 53.5 Å². The minimum Gasteiger partial charge on any atom is -0.459 e. The van der Waals surface area contributed by atoms with E-state index in [2.05, 4.69) is 26.5 Å². The summed E-state index contributed by atoms with van der Waals surface area (Å²) in [5.41, 5.74) is 3.03. The summed E-state index contributed by atoms with van der Waals surface area (Å²) in [7, 11) is 0. The molecule has 26 heavy (non-hydrogen) atoms. The molecule has 7 heteroatoms. The molecular weight excluding hydrogens is 352 g/mol. The number of furan rings is 1. The molecule has 0 atom stereocenters. The average Bonchev–Trinajstić information content (AvgIpc) is 3.15. The van der Waals surface area contributed by atoms with Crippen molar-refractivity contribution in [2.75, 3.05) is 6.54 Å². The Bertz CT molecular complexity index is 830. The molecule has 0 bridgehead atoms. The van der Waals surface area contributed by atoms with E-state index in [9.17, 15) is 4.79 Å².